The predicted molar refractivity (Wildman–Crippen MR) is 98.7 cm³/mol. The summed E-state index contributed by atoms with van der Waals surface area (Å²) in [4.78, 5) is 12.0. The molecule has 1 heterocycles. The molecular weight excluding hydrogens is 322 g/mol. The number of phenolic OH excluding ortho intramolecular Hbond substituents is 1. The van der Waals surface area contributed by atoms with Crippen molar-refractivity contribution in [1.82, 2.24) is 16.0 Å². The standard InChI is InChI=1S/C18H25N3O2S/c1-13(9-15-7-8-24-12-15)21-18(23)20-11-16(19-2)10-14-3-5-17(22)6-4-14/h3-8,12-13,16,19,22H,9-11H2,1-2H3,(H2,20,21,23). The second kappa shape index (κ2) is 9.30. The first-order valence-corrected chi connectivity index (χ1v) is 9.01. The Hall–Kier alpha value is -2.05. The lowest BCUT2D eigenvalue weighted by molar-refractivity contribution is 0.236. The molecular formula is C18H25N3O2S. The molecule has 0 spiro atoms. The van der Waals surface area contributed by atoms with Gasteiger partial charge < -0.3 is 21.1 Å². The molecule has 2 amide bonds. The van der Waals surface area contributed by atoms with Gasteiger partial charge in [0.2, 0.25) is 0 Å². The molecule has 0 fully saturated rings. The molecule has 0 aliphatic carbocycles. The van der Waals surface area contributed by atoms with Crippen molar-refractivity contribution in [3.63, 3.8) is 0 Å². The third kappa shape index (κ3) is 6.22. The van der Waals surface area contributed by atoms with Crippen LogP contribution in [0.5, 0.6) is 5.75 Å². The molecule has 4 N–H and O–H groups in total. The number of phenols is 1. The Labute approximate surface area is 147 Å². The van der Waals surface area contributed by atoms with Crippen molar-refractivity contribution >= 4 is 17.4 Å². The Morgan fingerprint density at radius 1 is 1.17 bits per heavy atom. The van der Waals surface area contributed by atoms with Gasteiger partial charge in [0, 0.05) is 18.6 Å². The summed E-state index contributed by atoms with van der Waals surface area (Å²) < 4.78 is 0. The van der Waals surface area contributed by atoms with Gasteiger partial charge in [0.15, 0.2) is 0 Å². The van der Waals surface area contributed by atoms with Gasteiger partial charge in [0.25, 0.3) is 0 Å². The number of thiophene rings is 1. The van der Waals surface area contributed by atoms with Crippen molar-refractivity contribution in [2.24, 2.45) is 0 Å². The minimum absolute atomic E-state index is 0.0877. The summed E-state index contributed by atoms with van der Waals surface area (Å²) in [5.74, 6) is 0.261. The molecule has 2 rings (SSSR count). The van der Waals surface area contributed by atoms with Gasteiger partial charge in [0.05, 0.1) is 0 Å². The fourth-order valence-corrected chi connectivity index (χ4v) is 3.18. The van der Waals surface area contributed by atoms with Crippen LogP contribution >= 0.6 is 11.3 Å². The van der Waals surface area contributed by atoms with Gasteiger partial charge in [-0.15, -0.1) is 0 Å². The van der Waals surface area contributed by atoms with Crippen LogP contribution in [0.15, 0.2) is 41.1 Å². The number of urea groups is 1. The molecule has 0 aliphatic heterocycles. The predicted octanol–water partition coefficient (Wildman–Crippen LogP) is 2.51. The summed E-state index contributed by atoms with van der Waals surface area (Å²) in [5, 5.41) is 22.6. The topological polar surface area (TPSA) is 73.4 Å². The fraction of sp³-hybridized carbons (Fsp3) is 0.389. The molecule has 24 heavy (non-hydrogen) atoms. The van der Waals surface area contributed by atoms with E-state index in [1.807, 2.05) is 31.5 Å². The van der Waals surface area contributed by atoms with E-state index in [-0.39, 0.29) is 23.9 Å². The van der Waals surface area contributed by atoms with Crippen LogP contribution in [0.3, 0.4) is 0 Å². The summed E-state index contributed by atoms with van der Waals surface area (Å²) in [6.45, 7) is 2.54. The first kappa shape index (κ1) is 18.3. The van der Waals surface area contributed by atoms with E-state index in [1.165, 1.54) is 5.56 Å². The second-order valence-electron chi connectivity index (χ2n) is 5.95. The molecule has 0 bridgehead atoms. The zero-order chi connectivity index (χ0) is 17.4. The van der Waals surface area contributed by atoms with Crippen molar-refractivity contribution in [1.29, 1.82) is 0 Å². The first-order valence-electron chi connectivity index (χ1n) is 8.07. The van der Waals surface area contributed by atoms with E-state index < -0.39 is 0 Å². The van der Waals surface area contributed by atoms with Gasteiger partial charge in [-0.3, -0.25) is 0 Å². The van der Waals surface area contributed by atoms with Crippen LogP contribution in [0.25, 0.3) is 0 Å². The highest BCUT2D eigenvalue weighted by Gasteiger charge is 2.12. The molecule has 2 atom stereocenters. The summed E-state index contributed by atoms with van der Waals surface area (Å²) in [5.41, 5.74) is 2.36. The lowest BCUT2D eigenvalue weighted by Crippen LogP contribution is -2.47. The average Bonchev–Trinajstić information content (AvgIpc) is 3.06. The number of carbonyl (C=O) groups is 1. The number of carbonyl (C=O) groups excluding carboxylic acids is 1. The van der Waals surface area contributed by atoms with Crippen LogP contribution in [0, 0.1) is 0 Å². The minimum Gasteiger partial charge on any atom is -0.508 e. The Balaban J connectivity index is 1.73. The first-order chi connectivity index (χ1) is 11.6. The Bertz CT molecular complexity index is 614. The third-order valence-corrected chi connectivity index (χ3v) is 4.57. The number of likely N-dealkylation sites (N-methyl/N-ethyl adjacent to an activating group) is 1. The van der Waals surface area contributed by atoms with Crippen LogP contribution in [0.2, 0.25) is 0 Å². The van der Waals surface area contributed by atoms with Gasteiger partial charge in [-0.05, 0) is 66.9 Å². The number of aromatic hydroxyl groups is 1. The molecule has 0 aliphatic rings. The van der Waals surface area contributed by atoms with E-state index in [0.717, 1.165) is 18.4 Å². The number of hydrogen-bond donors (Lipinski definition) is 4. The highest BCUT2D eigenvalue weighted by atomic mass is 32.1. The Kier molecular flexibility index (Phi) is 7.08. The molecule has 0 radical (unpaired) electrons. The molecule has 6 heteroatoms. The largest absolute Gasteiger partial charge is 0.508 e. The summed E-state index contributed by atoms with van der Waals surface area (Å²) in [6.07, 6.45) is 1.61. The molecule has 1 aromatic carbocycles. The maximum atomic E-state index is 12.0. The maximum absolute atomic E-state index is 12.0. The Morgan fingerprint density at radius 2 is 1.92 bits per heavy atom. The quantitative estimate of drug-likeness (QED) is 0.593. The number of rotatable bonds is 8. The summed E-state index contributed by atoms with van der Waals surface area (Å²) in [6, 6.07) is 9.28. The average molecular weight is 347 g/mol. The molecule has 5 nitrogen and oxygen atoms in total. The number of nitrogens with one attached hydrogen (secondary N) is 3. The van der Waals surface area contributed by atoms with E-state index in [2.05, 4.69) is 27.4 Å². The molecule has 0 saturated carbocycles. The van der Waals surface area contributed by atoms with Crippen LogP contribution in [-0.2, 0) is 12.8 Å². The zero-order valence-corrected chi connectivity index (χ0v) is 14.9. The van der Waals surface area contributed by atoms with Gasteiger partial charge in [0.1, 0.15) is 5.75 Å². The van der Waals surface area contributed by atoms with Crippen LogP contribution in [0.1, 0.15) is 18.1 Å². The number of hydrogen-bond acceptors (Lipinski definition) is 4. The van der Waals surface area contributed by atoms with Crippen molar-refractivity contribution in [2.45, 2.75) is 31.8 Å². The minimum atomic E-state index is -0.149. The van der Waals surface area contributed by atoms with E-state index in [4.69, 9.17) is 0 Å². The summed E-state index contributed by atoms with van der Waals surface area (Å²) >= 11 is 1.67. The highest BCUT2D eigenvalue weighted by molar-refractivity contribution is 7.07. The normalized spacial score (nSPS) is 13.2. The van der Waals surface area contributed by atoms with Crippen molar-refractivity contribution in [2.75, 3.05) is 13.6 Å². The van der Waals surface area contributed by atoms with E-state index in [0.29, 0.717) is 6.54 Å². The molecule has 2 unspecified atom stereocenters. The van der Waals surface area contributed by atoms with E-state index in [1.54, 1.807) is 23.5 Å². The van der Waals surface area contributed by atoms with Crippen LogP contribution in [0.4, 0.5) is 4.79 Å². The van der Waals surface area contributed by atoms with Crippen LogP contribution < -0.4 is 16.0 Å². The maximum Gasteiger partial charge on any atom is 0.315 e. The highest BCUT2D eigenvalue weighted by Crippen LogP contribution is 2.11. The van der Waals surface area contributed by atoms with Gasteiger partial charge in [-0.25, -0.2) is 4.79 Å². The fourth-order valence-electron chi connectivity index (χ4n) is 2.50. The number of amides is 2. The third-order valence-electron chi connectivity index (χ3n) is 3.84. The van der Waals surface area contributed by atoms with Crippen LogP contribution in [-0.4, -0.2) is 36.8 Å². The lowest BCUT2D eigenvalue weighted by atomic mass is 10.1. The van der Waals surface area contributed by atoms with E-state index in [9.17, 15) is 9.90 Å². The molecule has 0 saturated heterocycles. The number of benzene rings is 1. The van der Waals surface area contributed by atoms with Crippen molar-refractivity contribution in [3.8, 4) is 5.75 Å². The SMILES string of the molecule is CNC(CNC(=O)NC(C)Cc1ccsc1)Cc1ccc(O)cc1. The molecule has 2 aromatic rings. The smallest absolute Gasteiger partial charge is 0.315 e. The van der Waals surface area contributed by atoms with Gasteiger partial charge in [-0.1, -0.05) is 12.1 Å². The van der Waals surface area contributed by atoms with Gasteiger partial charge in [-0.2, -0.15) is 11.3 Å². The van der Waals surface area contributed by atoms with E-state index >= 15 is 0 Å². The molecule has 1 aromatic heterocycles. The second-order valence-corrected chi connectivity index (χ2v) is 6.73. The lowest BCUT2D eigenvalue weighted by Gasteiger charge is -2.19. The Morgan fingerprint density at radius 3 is 2.54 bits per heavy atom. The van der Waals surface area contributed by atoms with Crippen molar-refractivity contribution < 1.29 is 9.90 Å². The van der Waals surface area contributed by atoms with Crippen molar-refractivity contribution in [3.05, 3.63) is 52.2 Å². The summed E-state index contributed by atoms with van der Waals surface area (Å²) in [7, 11) is 1.88. The monoisotopic (exact) mass is 347 g/mol. The molecule has 130 valence electrons. The van der Waals surface area contributed by atoms with Gasteiger partial charge >= 0.3 is 6.03 Å². The zero-order valence-electron chi connectivity index (χ0n) is 14.1.